The largest absolute Gasteiger partial charge is 0.355 e. The molecule has 6 heteroatoms. The maximum absolute atomic E-state index is 13.4. The van der Waals surface area contributed by atoms with E-state index >= 15 is 0 Å². The van der Waals surface area contributed by atoms with Crippen LogP contribution in [0.15, 0.2) is 48.5 Å². The fourth-order valence-electron chi connectivity index (χ4n) is 5.01. The summed E-state index contributed by atoms with van der Waals surface area (Å²) in [5.41, 5.74) is 1.98. The molecule has 3 rings (SSSR count). The Morgan fingerprint density at radius 2 is 1.46 bits per heavy atom. The van der Waals surface area contributed by atoms with Gasteiger partial charge in [-0.3, -0.25) is 4.79 Å². The van der Waals surface area contributed by atoms with E-state index in [4.69, 9.17) is 0 Å². The molecular formula is C29H41ClF2N2O. The molecule has 0 radical (unpaired) electrons. The van der Waals surface area contributed by atoms with Crippen molar-refractivity contribution in [3.63, 3.8) is 0 Å². The van der Waals surface area contributed by atoms with Crippen LogP contribution in [0, 0.1) is 23.5 Å². The lowest BCUT2D eigenvalue weighted by Crippen LogP contribution is -2.46. The molecular weight excluding hydrogens is 466 g/mol. The first-order chi connectivity index (χ1) is 16.4. The van der Waals surface area contributed by atoms with Gasteiger partial charge in [-0.2, -0.15) is 0 Å². The first-order valence-corrected chi connectivity index (χ1v) is 12.9. The third-order valence-electron chi connectivity index (χ3n) is 6.91. The van der Waals surface area contributed by atoms with Crippen molar-refractivity contribution in [1.29, 1.82) is 0 Å². The summed E-state index contributed by atoms with van der Waals surface area (Å²) in [4.78, 5) is 13.0. The van der Waals surface area contributed by atoms with Crippen molar-refractivity contribution in [3.05, 3.63) is 71.3 Å². The Kier molecular flexibility index (Phi) is 12.7. The van der Waals surface area contributed by atoms with E-state index in [0.717, 1.165) is 36.9 Å². The van der Waals surface area contributed by atoms with Gasteiger partial charge in [-0.1, -0.05) is 57.4 Å². The number of hydrogen-bond acceptors (Lipinski definition) is 2. The molecule has 0 aromatic heterocycles. The normalized spacial score (nSPS) is 15.1. The molecule has 0 bridgehead atoms. The predicted molar refractivity (Wildman–Crippen MR) is 142 cm³/mol. The van der Waals surface area contributed by atoms with E-state index in [2.05, 4.69) is 24.5 Å². The zero-order valence-corrected chi connectivity index (χ0v) is 21.9. The van der Waals surface area contributed by atoms with Gasteiger partial charge in [0.15, 0.2) is 0 Å². The van der Waals surface area contributed by atoms with Crippen LogP contribution in [0.4, 0.5) is 8.78 Å². The highest BCUT2D eigenvalue weighted by molar-refractivity contribution is 5.85. The average Bonchev–Trinajstić information content (AvgIpc) is 2.83. The molecule has 35 heavy (non-hydrogen) atoms. The molecule has 0 heterocycles. The van der Waals surface area contributed by atoms with E-state index in [1.807, 2.05) is 0 Å². The van der Waals surface area contributed by atoms with Crippen LogP contribution in [-0.2, 0) is 4.79 Å². The van der Waals surface area contributed by atoms with Gasteiger partial charge >= 0.3 is 0 Å². The molecule has 1 atom stereocenters. The SMILES string of the molecule is CC(C)C[C@H](NCC1CCCCC1)C(=O)NCCCC(c1ccc(F)cc1)c1ccc(F)cc1.Cl. The summed E-state index contributed by atoms with van der Waals surface area (Å²) in [5, 5.41) is 6.68. The molecule has 1 fully saturated rings. The molecule has 0 aliphatic heterocycles. The fraction of sp³-hybridized carbons (Fsp3) is 0.552. The van der Waals surface area contributed by atoms with E-state index in [1.165, 1.54) is 56.4 Å². The molecule has 1 amide bonds. The zero-order valence-electron chi connectivity index (χ0n) is 21.1. The van der Waals surface area contributed by atoms with Gasteiger partial charge in [0.2, 0.25) is 5.91 Å². The van der Waals surface area contributed by atoms with E-state index in [1.54, 1.807) is 24.3 Å². The van der Waals surface area contributed by atoms with E-state index in [9.17, 15) is 13.6 Å². The fourth-order valence-corrected chi connectivity index (χ4v) is 5.01. The predicted octanol–water partition coefficient (Wildman–Crippen LogP) is 7.00. The van der Waals surface area contributed by atoms with Crippen LogP contribution in [0.1, 0.15) is 82.3 Å². The summed E-state index contributed by atoms with van der Waals surface area (Å²) in [5.74, 6) is 0.675. The minimum absolute atomic E-state index is 0. The van der Waals surface area contributed by atoms with Crippen LogP contribution in [0.3, 0.4) is 0 Å². The number of hydrogen-bond donors (Lipinski definition) is 2. The third-order valence-corrected chi connectivity index (χ3v) is 6.91. The Morgan fingerprint density at radius 3 is 1.97 bits per heavy atom. The Labute approximate surface area is 215 Å². The number of nitrogens with one attached hydrogen (secondary N) is 2. The van der Waals surface area contributed by atoms with Gasteiger partial charge in [-0.05, 0) is 85.9 Å². The summed E-state index contributed by atoms with van der Waals surface area (Å²) in [6, 6.07) is 12.8. The van der Waals surface area contributed by atoms with Gasteiger partial charge < -0.3 is 10.6 Å². The molecule has 1 aliphatic carbocycles. The molecule has 194 valence electrons. The Bertz CT molecular complexity index is 822. The van der Waals surface area contributed by atoms with Crippen molar-refractivity contribution in [1.82, 2.24) is 10.6 Å². The average molecular weight is 507 g/mol. The van der Waals surface area contributed by atoms with Gasteiger partial charge in [0.25, 0.3) is 0 Å². The number of carbonyl (C=O) groups is 1. The highest BCUT2D eigenvalue weighted by atomic mass is 35.5. The first kappa shape index (κ1) is 29.3. The maximum atomic E-state index is 13.4. The minimum atomic E-state index is -0.272. The standard InChI is InChI=1S/C29H40F2N2O.ClH/c1-21(2)19-28(33-20-22-7-4-3-5-8-22)29(34)32-18-6-9-27(23-10-14-25(30)15-11-23)24-12-16-26(31)17-13-24;/h10-17,21-22,27-28,33H,3-9,18-20H2,1-2H3,(H,32,34);1H/t28-;/m0./s1. The summed E-state index contributed by atoms with van der Waals surface area (Å²) >= 11 is 0. The van der Waals surface area contributed by atoms with E-state index < -0.39 is 0 Å². The maximum Gasteiger partial charge on any atom is 0.237 e. The van der Waals surface area contributed by atoms with Gasteiger partial charge in [-0.25, -0.2) is 8.78 Å². The topological polar surface area (TPSA) is 41.1 Å². The lowest BCUT2D eigenvalue weighted by molar-refractivity contribution is -0.123. The molecule has 1 aliphatic rings. The number of amides is 1. The van der Waals surface area contributed by atoms with E-state index in [0.29, 0.717) is 18.4 Å². The smallest absolute Gasteiger partial charge is 0.237 e. The van der Waals surface area contributed by atoms with Crippen LogP contribution >= 0.6 is 12.4 Å². The third kappa shape index (κ3) is 9.89. The molecule has 1 saturated carbocycles. The molecule has 2 aromatic rings. The first-order valence-electron chi connectivity index (χ1n) is 12.9. The summed E-state index contributed by atoms with van der Waals surface area (Å²) < 4.78 is 26.9. The highest BCUT2D eigenvalue weighted by Gasteiger charge is 2.22. The number of halogens is 3. The quantitative estimate of drug-likeness (QED) is 0.304. The Balaban J connectivity index is 0.00000432. The Hall–Kier alpha value is -1.98. The van der Waals surface area contributed by atoms with Gasteiger partial charge in [0, 0.05) is 12.5 Å². The van der Waals surface area contributed by atoms with Crippen LogP contribution < -0.4 is 10.6 Å². The lowest BCUT2D eigenvalue weighted by atomic mass is 9.87. The molecule has 2 N–H and O–H groups in total. The molecule has 2 aromatic carbocycles. The van der Waals surface area contributed by atoms with Crippen molar-refractivity contribution in [2.24, 2.45) is 11.8 Å². The second-order valence-corrected chi connectivity index (χ2v) is 10.2. The number of rotatable bonds is 12. The molecule has 0 unspecified atom stereocenters. The van der Waals surface area contributed by atoms with Crippen molar-refractivity contribution >= 4 is 18.3 Å². The second kappa shape index (κ2) is 15.2. The van der Waals surface area contributed by atoms with Crippen LogP contribution in [-0.4, -0.2) is 25.0 Å². The van der Waals surface area contributed by atoms with Crippen molar-refractivity contribution in [3.8, 4) is 0 Å². The summed E-state index contributed by atoms with van der Waals surface area (Å²) in [6.45, 7) is 5.80. The van der Waals surface area contributed by atoms with Crippen LogP contribution in [0.2, 0.25) is 0 Å². The lowest BCUT2D eigenvalue weighted by Gasteiger charge is -2.26. The summed E-state index contributed by atoms with van der Waals surface area (Å²) in [6.07, 6.45) is 8.85. The Morgan fingerprint density at radius 1 is 0.914 bits per heavy atom. The summed E-state index contributed by atoms with van der Waals surface area (Å²) in [7, 11) is 0. The van der Waals surface area contributed by atoms with Crippen LogP contribution in [0.25, 0.3) is 0 Å². The number of benzene rings is 2. The second-order valence-electron chi connectivity index (χ2n) is 10.2. The zero-order chi connectivity index (χ0) is 24.3. The molecule has 0 saturated heterocycles. The van der Waals surface area contributed by atoms with Gasteiger partial charge in [0.05, 0.1) is 6.04 Å². The van der Waals surface area contributed by atoms with E-state index in [-0.39, 0.29) is 41.9 Å². The van der Waals surface area contributed by atoms with Crippen molar-refractivity contribution in [2.45, 2.75) is 77.2 Å². The van der Waals surface area contributed by atoms with Crippen molar-refractivity contribution in [2.75, 3.05) is 13.1 Å². The van der Waals surface area contributed by atoms with Crippen molar-refractivity contribution < 1.29 is 13.6 Å². The molecule has 0 spiro atoms. The number of carbonyl (C=O) groups excluding carboxylic acids is 1. The van der Waals surface area contributed by atoms with Gasteiger partial charge in [0.1, 0.15) is 11.6 Å². The highest BCUT2D eigenvalue weighted by Crippen LogP contribution is 2.29. The van der Waals surface area contributed by atoms with Crippen LogP contribution in [0.5, 0.6) is 0 Å². The minimum Gasteiger partial charge on any atom is -0.355 e. The van der Waals surface area contributed by atoms with Gasteiger partial charge in [-0.15, -0.1) is 12.4 Å². The molecule has 3 nitrogen and oxygen atoms in total. The monoisotopic (exact) mass is 506 g/mol.